The van der Waals surface area contributed by atoms with Gasteiger partial charge in [-0.2, -0.15) is 0 Å². The highest BCUT2D eigenvalue weighted by Crippen LogP contribution is 2.20. The maximum absolute atomic E-state index is 10.8. The predicted octanol–water partition coefficient (Wildman–Crippen LogP) is 0.489. The molecular formula is C12H20N2O2. The van der Waals surface area contributed by atoms with E-state index in [4.69, 9.17) is 11.5 Å². The summed E-state index contributed by atoms with van der Waals surface area (Å²) < 4.78 is 0. The lowest BCUT2D eigenvalue weighted by Gasteiger charge is -2.39. The fourth-order valence-corrected chi connectivity index (χ4v) is 2.20. The van der Waals surface area contributed by atoms with Crippen molar-refractivity contribution in [3.05, 3.63) is 0 Å². The Morgan fingerprint density at radius 2 is 2.38 bits per heavy atom. The van der Waals surface area contributed by atoms with Crippen molar-refractivity contribution in [1.82, 2.24) is 9.80 Å². The van der Waals surface area contributed by atoms with Gasteiger partial charge in [0.05, 0.1) is 13.1 Å². The Balaban J connectivity index is 2.58. The van der Waals surface area contributed by atoms with Gasteiger partial charge in [0, 0.05) is 12.1 Å². The van der Waals surface area contributed by atoms with Crippen LogP contribution in [0, 0.1) is 12.3 Å². The van der Waals surface area contributed by atoms with Crippen LogP contribution in [0.5, 0.6) is 0 Å². The summed E-state index contributed by atoms with van der Waals surface area (Å²) in [6.07, 6.45) is 7.27. The fourth-order valence-electron chi connectivity index (χ4n) is 2.20. The van der Waals surface area contributed by atoms with E-state index in [1.165, 1.54) is 0 Å². The average molecular weight is 224 g/mol. The molecule has 0 aromatic heterocycles. The highest BCUT2D eigenvalue weighted by Gasteiger charge is 2.27. The van der Waals surface area contributed by atoms with Gasteiger partial charge in [-0.1, -0.05) is 5.92 Å². The molecule has 1 saturated heterocycles. The highest BCUT2D eigenvalue weighted by molar-refractivity contribution is 5.69. The van der Waals surface area contributed by atoms with E-state index in [-0.39, 0.29) is 6.54 Å². The zero-order chi connectivity index (χ0) is 12.1. The summed E-state index contributed by atoms with van der Waals surface area (Å²) in [5, 5.41) is 8.84. The Labute approximate surface area is 97.2 Å². The molecule has 4 nitrogen and oxygen atoms in total. The molecule has 90 valence electrons. The lowest BCUT2D eigenvalue weighted by atomic mass is 9.97. The molecular weight excluding hydrogens is 204 g/mol. The van der Waals surface area contributed by atoms with Crippen molar-refractivity contribution in [2.45, 2.75) is 31.8 Å². The molecule has 0 spiro atoms. The Hall–Kier alpha value is -1.05. The minimum atomic E-state index is -0.804. The molecule has 0 aliphatic carbocycles. The van der Waals surface area contributed by atoms with E-state index >= 15 is 0 Å². The molecule has 1 heterocycles. The predicted molar refractivity (Wildman–Crippen MR) is 63.2 cm³/mol. The Morgan fingerprint density at radius 1 is 1.69 bits per heavy atom. The number of carboxylic acids is 1. The van der Waals surface area contributed by atoms with Crippen LogP contribution in [0.25, 0.3) is 0 Å². The second-order valence-corrected chi connectivity index (χ2v) is 4.51. The zero-order valence-electron chi connectivity index (χ0n) is 10.0. The molecule has 1 N–H and O–H groups in total. The van der Waals surface area contributed by atoms with Crippen LogP contribution in [0.2, 0.25) is 0 Å². The van der Waals surface area contributed by atoms with Crippen LogP contribution in [0.3, 0.4) is 0 Å². The smallest absolute Gasteiger partial charge is 0.317 e. The molecule has 4 heteroatoms. The van der Waals surface area contributed by atoms with Gasteiger partial charge >= 0.3 is 5.97 Å². The van der Waals surface area contributed by atoms with Crippen LogP contribution in [0.15, 0.2) is 0 Å². The summed E-state index contributed by atoms with van der Waals surface area (Å²) in [6.45, 7) is 3.65. The van der Waals surface area contributed by atoms with Gasteiger partial charge < -0.3 is 10.0 Å². The van der Waals surface area contributed by atoms with Gasteiger partial charge in [-0.15, -0.1) is 6.42 Å². The van der Waals surface area contributed by atoms with E-state index in [2.05, 4.69) is 24.8 Å². The van der Waals surface area contributed by atoms with E-state index in [0.29, 0.717) is 18.6 Å². The highest BCUT2D eigenvalue weighted by atomic mass is 16.4. The summed E-state index contributed by atoms with van der Waals surface area (Å²) in [5.41, 5.74) is 0. The van der Waals surface area contributed by atoms with E-state index in [0.717, 1.165) is 19.4 Å². The van der Waals surface area contributed by atoms with Gasteiger partial charge in [-0.05, 0) is 33.4 Å². The summed E-state index contributed by atoms with van der Waals surface area (Å²) in [4.78, 5) is 14.9. The van der Waals surface area contributed by atoms with Gasteiger partial charge in [-0.25, -0.2) is 0 Å². The monoisotopic (exact) mass is 224 g/mol. The molecule has 1 aliphatic heterocycles. The molecule has 0 bridgehead atoms. The van der Waals surface area contributed by atoms with Gasteiger partial charge in [0.2, 0.25) is 0 Å². The number of hydrogen-bond acceptors (Lipinski definition) is 3. The largest absolute Gasteiger partial charge is 0.480 e. The van der Waals surface area contributed by atoms with E-state index in [1.54, 1.807) is 0 Å². The third-order valence-electron chi connectivity index (χ3n) is 3.33. The van der Waals surface area contributed by atoms with E-state index in [1.807, 2.05) is 4.90 Å². The van der Waals surface area contributed by atoms with Gasteiger partial charge in [0.25, 0.3) is 0 Å². The molecule has 0 aromatic rings. The molecule has 2 unspecified atom stereocenters. The second-order valence-electron chi connectivity index (χ2n) is 4.51. The number of carbonyl (C=O) groups is 1. The number of terminal acetylenes is 1. The maximum Gasteiger partial charge on any atom is 0.317 e. The van der Waals surface area contributed by atoms with Crippen LogP contribution in [0.1, 0.15) is 19.8 Å². The van der Waals surface area contributed by atoms with Crippen LogP contribution >= 0.6 is 0 Å². The number of aliphatic carboxylic acids is 1. The van der Waals surface area contributed by atoms with Crippen molar-refractivity contribution < 1.29 is 9.90 Å². The first-order valence-electron chi connectivity index (χ1n) is 5.64. The molecule has 1 aliphatic rings. The summed E-state index contributed by atoms with van der Waals surface area (Å²) in [6, 6.07) is 0.797. The molecule has 1 rings (SSSR count). The van der Waals surface area contributed by atoms with Gasteiger partial charge in [0.1, 0.15) is 0 Å². The number of hydrogen-bond donors (Lipinski definition) is 1. The van der Waals surface area contributed by atoms with E-state index in [9.17, 15) is 4.79 Å². The number of carboxylic acid groups (broad SMARTS) is 1. The quantitative estimate of drug-likeness (QED) is 0.706. The van der Waals surface area contributed by atoms with Crippen LogP contribution in [-0.2, 0) is 4.79 Å². The molecule has 0 radical (unpaired) electrons. The van der Waals surface area contributed by atoms with Crippen molar-refractivity contribution in [3.63, 3.8) is 0 Å². The van der Waals surface area contributed by atoms with Crippen molar-refractivity contribution >= 4 is 5.97 Å². The van der Waals surface area contributed by atoms with Crippen molar-refractivity contribution in [3.8, 4) is 12.3 Å². The normalized spacial score (nSPS) is 26.6. The minimum Gasteiger partial charge on any atom is -0.480 e. The molecule has 16 heavy (non-hydrogen) atoms. The van der Waals surface area contributed by atoms with Crippen LogP contribution < -0.4 is 0 Å². The third kappa shape index (κ3) is 3.51. The summed E-state index contributed by atoms with van der Waals surface area (Å²) >= 11 is 0. The maximum atomic E-state index is 10.8. The van der Waals surface area contributed by atoms with Crippen LogP contribution in [-0.4, -0.2) is 59.6 Å². The summed E-state index contributed by atoms with van der Waals surface area (Å²) in [5.74, 6) is 1.74. The SMILES string of the molecule is C#CCN(CC(=O)O)C1CCN(C)C(C)C1. The Bertz CT molecular complexity index is 285. The van der Waals surface area contributed by atoms with E-state index < -0.39 is 5.97 Å². The van der Waals surface area contributed by atoms with Gasteiger partial charge in [-0.3, -0.25) is 9.69 Å². The molecule has 1 fully saturated rings. The average Bonchev–Trinajstić information content (AvgIpc) is 2.21. The zero-order valence-corrected chi connectivity index (χ0v) is 10.0. The van der Waals surface area contributed by atoms with Crippen molar-refractivity contribution in [2.75, 3.05) is 26.7 Å². The Kier molecular flexibility index (Phi) is 4.78. The Morgan fingerprint density at radius 3 is 2.88 bits per heavy atom. The molecule has 0 aromatic carbocycles. The lowest BCUT2D eigenvalue weighted by Crippen LogP contribution is -2.49. The summed E-state index contributed by atoms with van der Waals surface area (Å²) in [7, 11) is 2.10. The minimum absolute atomic E-state index is 0.0469. The fraction of sp³-hybridized carbons (Fsp3) is 0.750. The van der Waals surface area contributed by atoms with Crippen molar-refractivity contribution in [1.29, 1.82) is 0 Å². The van der Waals surface area contributed by atoms with Gasteiger partial charge in [0.15, 0.2) is 0 Å². The third-order valence-corrected chi connectivity index (χ3v) is 3.33. The molecule has 0 saturated carbocycles. The second kappa shape index (κ2) is 5.88. The molecule has 0 amide bonds. The number of piperidine rings is 1. The number of likely N-dealkylation sites (tertiary alicyclic amines) is 1. The standard InChI is InChI=1S/C12H20N2O2/c1-4-6-14(9-12(15)16)11-5-7-13(3)10(2)8-11/h1,10-11H,5-9H2,2-3H3,(H,15,16). The number of rotatable bonds is 4. The van der Waals surface area contributed by atoms with Crippen molar-refractivity contribution in [2.24, 2.45) is 0 Å². The lowest BCUT2D eigenvalue weighted by molar-refractivity contribution is -0.139. The van der Waals surface area contributed by atoms with Crippen LogP contribution in [0.4, 0.5) is 0 Å². The number of nitrogens with zero attached hydrogens (tertiary/aromatic N) is 2. The first-order valence-corrected chi connectivity index (χ1v) is 5.64. The topological polar surface area (TPSA) is 43.8 Å². The first-order chi connectivity index (χ1) is 7.54. The molecule has 2 atom stereocenters. The first kappa shape index (κ1) is 13.0.